The van der Waals surface area contributed by atoms with Crippen molar-refractivity contribution in [2.75, 3.05) is 39.8 Å². The first kappa shape index (κ1) is 20.4. The van der Waals surface area contributed by atoms with Gasteiger partial charge in [0.2, 0.25) is 0 Å². The van der Waals surface area contributed by atoms with E-state index in [4.69, 9.17) is 4.74 Å². The maximum Gasteiger partial charge on any atom is 0.193 e. The average Bonchev–Trinajstić information content (AvgIpc) is 2.48. The van der Waals surface area contributed by atoms with Crippen LogP contribution in [0.4, 0.5) is 0 Å². The van der Waals surface area contributed by atoms with E-state index in [9.17, 15) is 0 Å². The van der Waals surface area contributed by atoms with Gasteiger partial charge in [-0.3, -0.25) is 4.99 Å². The molecule has 1 rings (SSSR count). The molecule has 0 unspecified atom stereocenters. The van der Waals surface area contributed by atoms with Gasteiger partial charge in [0, 0.05) is 32.7 Å². The van der Waals surface area contributed by atoms with Gasteiger partial charge < -0.3 is 15.0 Å². The zero-order valence-electron chi connectivity index (χ0n) is 13.3. The molecule has 4 nitrogen and oxygen atoms in total. The summed E-state index contributed by atoms with van der Waals surface area (Å²) in [7, 11) is 5.56. The van der Waals surface area contributed by atoms with E-state index in [0.29, 0.717) is 0 Å². The van der Waals surface area contributed by atoms with Gasteiger partial charge in [-0.1, -0.05) is 18.2 Å². The number of thioether (sulfide) groups is 1. The van der Waals surface area contributed by atoms with Crippen LogP contribution in [0.2, 0.25) is 0 Å². The van der Waals surface area contributed by atoms with Crippen molar-refractivity contribution in [3.8, 4) is 5.75 Å². The lowest BCUT2D eigenvalue weighted by molar-refractivity contribution is 0.396. The van der Waals surface area contributed by atoms with Crippen LogP contribution in [0.3, 0.4) is 0 Å². The molecule has 0 fully saturated rings. The molecule has 0 atom stereocenters. The van der Waals surface area contributed by atoms with E-state index >= 15 is 0 Å². The first-order chi connectivity index (χ1) is 9.72. The van der Waals surface area contributed by atoms with E-state index in [-0.39, 0.29) is 24.0 Å². The summed E-state index contributed by atoms with van der Waals surface area (Å²) in [6.45, 7) is 1.72. The third kappa shape index (κ3) is 7.26. The minimum atomic E-state index is 0. The molecule has 120 valence electrons. The van der Waals surface area contributed by atoms with Crippen LogP contribution in [0.15, 0.2) is 29.3 Å². The summed E-state index contributed by atoms with van der Waals surface area (Å²) in [5, 5.41) is 3.38. The molecule has 21 heavy (non-hydrogen) atoms. The van der Waals surface area contributed by atoms with Crippen LogP contribution in [0.1, 0.15) is 12.0 Å². The number of nitrogens with one attached hydrogen (secondary N) is 1. The first-order valence-electron chi connectivity index (χ1n) is 6.75. The second kappa shape index (κ2) is 12.0. The fraction of sp³-hybridized carbons (Fsp3) is 0.533. The molecule has 6 heteroatoms. The lowest BCUT2D eigenvalue weighted by Gasteiger charge is -2.23. The van der Waals surface area contributed by atoms with Gasteiger partial charge in [-0.15, -0.1) is 24.0 Å². The summed E-state index contributed by atoms with van der Waals surface area (Å²) in [6, 6.07) is 8.08. The Bertz CT molecular complexity index is 429. The van der Waals surface area contributed by atoms with Crippen LogP contribution in [-0.4, -0.2) is 50.6 Å². The highest BCUT2D eigenvalue weighted by Crippen LogP contribution is 2.18. The van der Waals surface area contributed by atoms with E-state index < -0.39 is 0 Å². The fourth-order valence-corrected chi connectivity index (χ4v) is 2.40. The molecule has 0 spiro atoms. The number of benzene rings is 1. The largest absolute Gasteiger partial charge is 0.496 e. The molecule has 1 N–H and O–H groups in total. The van der Waals surface area contributed by atoms with Crippen molar-refractivity contribution in [2.24, 2.45) is 4.99 Å². The number of ether oxygens (including phenoxy) is 1. The fourth-order valence-electron chi connectivity index (χ4n) is 1.97. The molecular weight excluding hydrogens is 397 g/mol. The molecule has 1 aromatic carbocycles. The maximum absolute atomic E-state index is 5.38. The van der Waals surface area contributed by atoms with Gasteiger partial charge >= 0.3 is 0 Å². The van der Waals surface area contributed by atoms with Crippen LogP contribution in [0, 0.1) is 0 Å². The second-order valence-corrected chi connectivity index (χ2v) is 5.47. The molecule has 0 aliphatic rings. The molecule has 0 heterocycles. The van der Waals surface area contributed by atoms with Gasteiger partial charge in [0.15, 0.2) is 5.96 Å². The molecule has 0 radical (unpaired) electrons. The van der Waals surface area contributed by atoms with Crippen LogP contribution >= 0.6 is 35.7 Å². The van der Waals surface area contributed by atoms with Crippen molar-refractivity contribution < 1.29 is 4.74 Å². The molecule has 0 bridgehead atoms. The smallest absolute Gasteiger partial charge is 0.193 e. The van der Waals surface area contributed by atoms with Crippen molar-refractivity contribution >= 4 is 41.7 Å². The SMILES string of the molecule is CN=C(NCCCSC)N(C)Cc1ccccc1OC.I. The van der Waals surface area contributed by atoms with Crippen LogP contribution in [0.25, 0.3) is 0 Å². The van der Waals surface area contributed by atoms with Crippen molar-refractivity contribution in [1.82, 2.24) is 10.2 Å². The highest BCUT2D eigenvalue weighted by atomic mass is 127. The average molecular weight is 423 g/mol. The summed E-state index contributed by atoms with van der Waals surface area (Å²) < 4.78 is 5.38. The third-order valence-corrected chi connectivity index (χ3v) is 3.68. The number of hydrogen-bond donors (Lipinski definition) is 1. The van der Waals surface area contributed by atoms with E-state index in [0.717, 1.165) is 36.8 Å². The number of hydrogen-bond acceptors (Lipinski definition) is 3. The number of aliphatic imine (C=N–C) groups is 1. The van der Waals surface area contributed by atoms with Crippen molar-refractivity contribution in [1.29, 1.82) is 0 Å². The van der Waals surface area contributed by atoms with Gasteiger partial charge in [-0.05, 0) is 24.5 Å². The number of methoxy groups -OCH3 is 1. The Morgan fingerprint density at radius 3 is 2.71 bits per heavy atom. The zero-order valence-corrected chi connectivity index (χ0v) is 16.4. The van der Waals surface area contributed by atoms with E-state index in [1.807, 2.05) is 44.1 Å². The van der Waals surface area contributed by atoms with Crippen molar-refractivity contribution in [3.63, 3.8) is 0 Å². The molecule has 0 aliphatic carbocycles. The zero-order chi connectivity index (χ0) is 14.8. The predicted octanol–water partition coefficient (Wildman–Crippen LogP) is 3.07. The number of rotatable bonds is 7. The van der Waals surface area contributed by atoms with Gasteiger partial charge in [0.1, 0.15) is 5.75 Å². The highest BCUT2D eigenvalue weighted by Gasteiger charge is 2.09. The molecule has 0 aliphatic heterocycles. The molecule has 1 aromatic rings. The lowest BCUT2D eigenvalue weighted by Crippen LogP contribution is -2.39. The second-order valence-electron chi connectivity index (χ2n) is 4.49. The summed E-state index contributed by atoms with van der Waals surface area (Å²) in [4.78, 5) is 6.43. The Hall–Kier alpha value is -0.630. The summed E-state index contributed by atoms with van der Waals surface area (Å²) in [6.07, 6.45) is 3.27. The van der Waals surface area contributed by atoms with Gasteiger partial charge in [0.05, 0.1) is 7.11 Å². The molecular formula is C15H26IN3OS. The summed E-state index contributed by atoms with van der Waals surface area (Å²) in [5.41, 5.74) is 1.16. The molecule has 0 aromatic heterocycles. The topological polar surface area (TPSA) is 36.9 Å². The van der Waals surface area contributed by atoms with E-state index in [1.165, 1.54) is 5.75 Å². The summed E-state index contributed by atoms with van der Waals surface area (Å²) in [5.74, 6) is 2.99. The number of nitrogens with zero attached hydrogens (tertiary/aromatic N) is 2. The Labute approximate surface area is 149 Å². The minimum Gasteiger partial charge on any atom is -0.496 e. The van der Waals surface area contributed by atoms with E-state index in [2.05, 4.69) is 27.5 Å². The monoisotopic (exact) mass is 423 g/mol. The van der Waals surface area contributed by atoms with Crippen LogP contribution in [-0.2, 0) is 6.54 Å². The van der Waals surface area contributed by atoms with Crippen molar-refractivity contribution in [2.45, 2.75) is 13.0 Å². The number of halogens is 1. The van der Waals surface area contributed by atoms with Gasteiger partial charge in [-0.2, -0.15) is 11.8 Å². The standard InChI is InChI=1S/C15H25N3OS.HI/c1-16-15(17-10-7-11-20-4)18(2)12-13-8-5-6-9-14(13)19-3;/h5-6,8-9H,7,10-12H2,1-4H3,(H,16,17);1H. The summed E-state index contributed by atoms with van der Waals surface area (Å²) >= 11 is 1.87. The van der Waals surface area contributed by atoms with Crippen molar-refractivity contribution in [3.05, 3.63) is 29.8 Å². The van der Waals surface area contributed by atoms with E-state index in [1.54, 1.807) is 7.11 Å². The normalized spacial score (nSPS) is 10.8. The Kier molecular flexibility index (Phi) is 11.6. The quantitative estimate of drug-likeness (QED) is 0.317. The number of para-hydroxylation sites is 1. The highest BCUT2D eigenvalue weighted by molar-refractivity contribution is 14.0. The molecule has 0 saturated carbocycles. The van der Waals surface area contributed by atoms with Gasteiger partial charge in [0.25, 0.3) is 0 Å². The van der Waals surface area contributed by atoms with Crippen LogP contribution in [0.5, 0.6) is 5.75 Å². The third-order valence-electron chi connectivity index (χ3n) is 2.98. The van der Waals surface area contributed by atoms with Gasteiger partial charge in [-0.25, -0.2) is 0 Å². The maximum atomic E-state index is 5.38. The number of guanidine groups is 1. The predicted molar refractivity (Wildman–Crippen MR) is 104 cm³/mol. The Morgan fingerprint density at radius 2 is 2.10 bits per heavy atom. The first-order valence-corrected chi connectivity index (χ1v) is 8.15. The Balaban J connectivity index is 0.00000400. The molecule has 0 amide bonds. The lowest BCUT2D eigenvalue weighted by atomic mass is 10.2. The Morgan fingerprint density at radius 1 is 1.38 bits per heavy atom. The minimum absolute atomic E-state index is 0. The van der Waals surface area contributed by atoms with Crippen LogP contribution < -0.4 is 10.1 Å². The molecule has 0 saturated heterocycles.